The van der Waals surface area contributed by atoms with Crippen molar-refractivity contribution in [2.45, 2.75) is 13.5 Å². The van der Waals surface area contributed by atoms with E-state index >= 15 is 0 Å². The van der Waals surface area contributed by atoms with Gasteiger partial charge in [0.2, 0.25) is 5.91 Å². The van der Waals surface area contributed by atoms with Crippen molar-refractivity contribution in [3.8, 4) is 5.75 Å². The highest BCUT2D eigenvalue weighted by Gasteiger charge is 2.15. The zero-order valence-corrected chi connectivity index (χ0v) is 20.9. The number of halogens is 2. The molecule has 0 saturated heterocycles. The predicted octanol–water partition coefficient (Wildman–Crippen LogP) is 5.21. The Morgan fingerprint density at radius 3 is 2.83 bits per heavy atom. The molecule has 10 heteroatoms. The maximum Gasteiger partial charge on any atom is 0.248 e. The van der Waals surface area contributed by atoms with E-state index in [2.05, 4.69) is 20.7 Å². The van der Waals surface area contributed by atoms with E-state index in [1.54, 1.807) is 41.1 Å². The molecule has 2 aromatic carbocycles. The first-order valence-corrected chi connectivity index (χ1v) is 11.6. The van der Waals surface area contributed by atoms with Crippen LogP contribution >= 0.6 is 11.6 Å². The van der Waals surface area contributed by atoms with Gasteiger partial charge in [0.25, 0.3) is 0 Å². The summed E-state index contributed by atoms with van der Waals surface area (Å²) in [6.45, 7) is 2.75. The zero-order chi connectivity index (χ0) is 25.7. The highest BCUT2D eigenvalue weighted by molar-refractivity contribution is 6.32. The first-order valence-electron chi connectivity index (χ1n) is 11.2. The van der Waals surface area contributed by atoms with Crippen LogP contribution in [-0.2, 0) is 11.4 Å². The van der Waals surface area contributed by atoms with E-state index in [-0.39, 0.29) is 18.3 Å². The summed E-state index contributed by atoms with van der Waals surface area (Å²) in [5.74, 6) is 0.488. The third-order valence-corrected chi connectivity index (χ3v) is 5.60. The molecule has 186 valence electrons. The molecule has 1 amide bonds. The van der Waals surface area contributed by atoms with Crippen molar-refractivity contribution in [3.05, 3.63) is 89.1 Å². The second-order valence-corrected chi connectivity index (χ2v) is 8.82. The van der Waals surface area contributed by atoms with E-state index < -0.39 is 0 Å². The average molecular weight is 509 g/mol. The van der Waals surface area contributed by atoms with Gasteiger partial charge in [0.05, 0.1) is 16.9 Å². The van der Waals surface area contributed by atoms with Crippen LogP contribution in [0, 0.1) is 12.7 Å². The Balaban J connectivity index is 1.49. The third-order valence-electron chi connectivity index (χ3n) is 5.30. The summed E-state index contributed by atoms with van der Waals surface area (Å²) < 4.78 is 20.8. The molecule has 0 unspecified atom stereocenters. The number of rotatable bonds is 9. The molecule has 0 spiro atoms. The number of carbonyl (C=O) groups excluding carboxylic acids is 1. The monoisotopic (exact) mass is 508 g/mol. The number of nitrogens with one attached hydrogen (secondary N) is 2. The van der Waals surface area contributed by atoms with Crippen molar-refractivity contribution in [2.75, 3.05) is 31.3 Å². The first kappa shape index (κ1) is 25.2. The lowest BCUT2D eigenvalue weighted by atomic mass is 10.2. The van der Waals surface area contributed by atoms with E-state index in [1.165, 1.54) is 24.5 Å². The van der Waals surface area contributed by atoms with Gasteiger partial charge < -0.3 is 20.3 Å². The maximum absolute atomic E-state index is 13.4. The molecule has 0 bridgehead atoms. The summed E-state index contributed by atoms with van der Waals surface area (Å²) in [5.41, 5.74) is 3.56. The van der Waals surface area contributed by atoms with Crippen LogP contribution in [-0.4, -0.2) is 46.0 Å². The molecule has 0 atom stereocenters. The molecule has 8 nitrogen and oxygen atoms in total. The quantitative estimate of drug-likeness (QED) is 0.302. The molecule has 0 radical (unpaired) electrons. The summed E-state index contributed by atoms with van der Waals surface area (Å²) in [7, 11) is 3.86. The first-order chi connectivity index (χ1) is 17.3. The van der Waals surface area contributed by atoms with Gasteiger partial charge in [-0.15, -0.1) is 0 Å². The van der Waals surface area contributed by atoms with Crippen LogP contribution in [0.4, 0.5) is 21.6 Å². The number of aromatic nitrogens is 3. The second-order valence-electron chi connectivity index (χ2n) is 8.41. The van der Waals surface area contributed by atoms with Gasteiger partial charge in [-0.3, -0.25) is 4.79 Å². The minimum absolute atomic E-state index is 0.193. The van der Waals surface area contributed by atoms with Crippen molar-refractivity contribution in [3.63, 3.8) is 0 Å². The lowest BCUT2D eigenvalue weighted by Crippen LogP contribution is -2.13. The number of benzene rings is 2. The van der Waals surface area contributed by atoms with Crippen molar-refractivity contribution in [2.24, 2.45) is 0 Å². The largest absolute Gasteiger partial charge is 0.487 e. The molecular formula is C26H26ClFN6O2. The molecule has 0 aliphatic heterocycles. The smallest absolute Gasteiger partial charge is 0.248 e. The highest BCUT2D eigenvalue weighted by atomic mass is 35.5. The minimum Gasteiger partial charge on any atom is -0.487 e. The number of nitrogens with zero attached hydrogens (tertiary/aromatic N) is 4. The van der Waals surface area contributed by atoms with Crippen LogP contribution in [0.3, 0.4) is 0 Å². The van der Waals surface area contributed by atoms with Gasteiger partial charge in [-0.25, -0.2) is 13.9 Å². The number of likely N-dealkylation sites (N-methyl/N-ethyl adjacent to an activating group) is 1. The molecule has 0 aliphatic rings. The average Bonchev–Trinajstić information content (AvgIpc) is 3.14. The Morgan fingerprint density at radius 1 is 1.25 bits per heavy atom. The van der Waals surface area contributed by atoms with Crippen LogP contribution in [0.5, 0.6) is 5.75 Å². The number of hydrogen-bond acceptors (Lipinski definition) is 6. The summed E-state index contributed by atoms with van der Waals surface area (Å²) in [4.78, 5) is 18.6. The van der Waals surface area contributed by atoms with Gasteiger partial charge in [0, 0.05) is 23.9 Å². The minimum atomic E-state index is -0.317. The van der Waals surface area contributed by atoms with E-state index in [0.29, 0.717) is 45.6 Å². The fourth-order valence-electron chi connectivity index (χ4n) is 3.54. The molecule has 2 N–H and O–H groups in total. The zero-order valence-electron chi connectivity index (χ0n) is 20.1. The molecule has 4 rings (SSSR count). The topological polar surface area (TPSA) is 83.8 Å². The van der Waals surface area contributed by atoms with Gasteiger partial charge in [-0.05, 0) is 56.9 Å². The Bertz CT molecular complexity index is 1420. The second kappa shape index (κ2) is 11.2. The number of fused-ring (bicyclic) bond motifs is 1. The fraction of sp³-hybridized carbons (Fsp3) is 0.192. The lowest BCUT2D eigenvalue weighted by Gasteiger charge is -2.12. The Hall–Kier alpha value is -3.95. The third kappa shape index (κ3) is 6.18. The van der Waals surface area contributed by atoms with Crippen molar-refractivity contribution >= 4 is 40.2 Å². The van der Waals surface area contributed by atoms with E-state index in [0.717, 1.165) is 5.56 Å². The molecular weight excluding hydrogens is 483 g/mol. The van der Waals surface area contributed by atoms with Crippen molar-refractivity contribution < 1.29 is 13.9 Å². The van der Waals surface area contributed by atoms with Gasteiger partial charge in [-0.2, -0.15) is 5.10 Å². The molecule has 0 aliphatic carbocycles. The SMILES string of the molecule is Cc1c(NC(=O)/C=C/CN(C)C)cn2ncnc(Nc3ccc(OCc4cccc(F)c4)c(Cl)c3)c12. The van der Waals surface area contributed by atoms with Crippen LogP contribution in [0.1, 0.15) is 11.1 Å². The van der Waals surface area contributed by atoms with E-state index in [9.17, 15) is 9.18 Å². The standard InChI is InChI=1S/C26H26ClFN6O2/c1-17-22(32-24(35)8-5-11-33(2)3)14-34-25(17)26(29-16-30-34)31-20-9-10-23(21(27)13-20)36-15-18-6-4-7-19(28)12-18/h4-10,12-14,16H,11,15H2,1-3H3,(H,32,35)(H,29,30,31)/b8-5+. The maximum atomic E-state index is 13.4. The molecule has 0 saturated carbocycles. The van der Waals surface area contributed by atoms with Gasteiger partial charge in [-0.1, -0.05) is 29.8 Å². The number of amides is 1. The van der Waals surface area contributed by atoms with Gasteiger partial charge in [0.1, 0.15) is 30.0 Å². The van der Waals surface area contributed by atoms with Crippen LogP contribution < -0.4 is 15.4 Å². The predicted molar refractivity (Wildman–Crippen MR) is 140 cm³/mol. The summed E-state index contributed by atoms with van der Waals surface area (Å²) in [6.07, 6.45) is 6.47. The number of anilines is 3. The van der Waals surface area contributed by atoms with Gasteiger partial charge in [0.15, 0.2) is 5.82 Å². The number of ether oxygens (including phenoxy) is 1. The number of hydrogen-bond donors (Lipinski definition) is 2. The molecule has 2 aromatic heterocycles. The highest BCUT2D eigenvalue weighted by Crippen LogP contribution is 2.32. The summed E-state index contributed by atoms with van der Waals surface area (Å²) in [5, 5.41) is 10.8. The molecule has 4 aromatic rings. The Labute approximate surface area is 213 Å². The fourth-order valence-corrected chi connectivity index (χ4v) is 3.78. The molecule has 36 heavy (non-hydrogen) atoms. The molecule has 0 fully saturated rings. The normalized spacial score (nSPS) is 11.4. The van der Waals surface area contributed by atoms with E-state index in [1.807, 2.05) is 32.0 Å². The van der Waals surface area contributed by atoms with Crippen LogP contribution in [0.25, 0.3) is 5.52 Å². The van der Waals surface area contributed by atoms with E-state index in [4.69, 9.17) is 16.3 Å². The number of aryl methyl sites for hydroxylation is 1. The number of carbonyl (C=O) groups is 1. The van der Waals surface area contributed by atoms with Crippen molar-refractivity contribution in [1.29, 1.82) is 0 Å². The Morgan fingerprint density at radius 2 is 2.08 bits per heavy atom. The summed E-state index contributed by atoms with van der Waals surface area (Å²) >= 11 is 6.43. The van der Waals surface area contributed by atoms with Crippen LogP contribution in [0.2, 0.25) is 5.02 Å². The molecule has 2 heterocycles. The van der Waals surface area contributed by atoms with Gasteiger partial charge >= 0.3 is 0 Å². The van der Waals surface area contributed by atoms with Crippen LogP contribution in [0.15, 0.2) is 67.1 Å². The van der Waals surface area contributed by atoms with Crippen molar-refractivity contribution in [1.82, 2.24) is 19.5 Å². The Kier molecular flexibility index (Phi) is 7.82. The summed E-state index contributed by atoms with van der Waals surface area (Å²) in [6, 6.07) is 11.5. The lowest BCUT2D eigenvalue weighted by molar-refractivity contribution is -0.111.